The van der Waals surface area contributed by atoms with Gasteiger partial charge in [0.1, 0.15) is 17.1 Å². The van der Waals surface area contributed by atoms with Gasteiger partial charge < -0.3 is 9.84 Å². The number of allylic oxidation sites excluding steroid dienone is 2. The lowest BCUT2D eigenvalue weighted by Gasteiger charge is -2.47. The molecule has 1 aliphatic carbocycles. The van der Waals surface area contributed by atoms with Crippen LogP contribution in [0.4, 0.5) is 0 Å². The average Bonchev–Trinajstić information content (AvgIpc) is 2.70. The first-order valence-electron chi connectivity index (χ1n) is 11.8. The zero-order chi connectivity index (χ0) is 23.4. The molecule has 2 atom stereocenters. The van der Waals surface area contributed by atoms with E-state index in [0.29, 0.717) is 43.9 Å². The van der Waals surface area contributed by atoms with Gasteiger partial charge in [-0.3, -0.25) is 0 Å². The van der Waals surface area contributed by atoms with Crippen LogP contribution in [0.15, 0.2) is 23.8 Å². The van der Waals surface area contributed by atoms with Gasteiger partial charge in [-0.25, -0.2) is 13.1 Å². The molecule has 0 radical (unpaired) electrons. The molecule has 1 aromatic carbocycles. The summed E-state index contributed by atoms with van der Waals surface area (Å²) in [6.45, 7) is 8.84. The lowest BCUT2D eigenvalue weighted by molar-refractivity contribution is 0.00754. The van der Waals surface area contributed by atoms with Crippen LogP contribution < -0.4 is 9.46 Å². The first kappa shape index (κ1) is 24.7. The number of aromatic hydroxyl groups is 1. The highest BCUT2D eigenvalue weighted by atomic mass is 32.2. The molecule has 0 fully saturated rings. The number of phenols is 1. The number of rotatable bonds is 8. The summed E-state index contributed by atoms with van der Waals surface area (Å²) in [5, 5.41) is 10.8. The number of nitrogens with one attached hydrogen (secondary N) is 1. The quantitative estimate of drug-likeness (QED) is 0.324. The van der Waals surface area contributed by atoms with Gasteiger partial charge in [-0.2, -0.15) is 0 Å². The molecule has 2 aliphatic rings. The first-order chi connectivity index (χ1) is 15.1. The second kappa shape index (κ2) is 10.3. The molecule has 176 valence electrons. The van der Waals surface area contributed by atoms with Crippen LogP contribution in [0.5, 0.6) is 11.5 Å². The van der Waals surface area contributed by atoms with E-state index >= 15 is 0 Å². The third-order valence-electron chi connectivity index (χ3n) is 6.55. The van der Waals surface area contributed by atoms with Gasteiger partial charge in [0, 0.05) is 36.8 Å². The predicted octanol–water partition coefficient (Wildman–Crippen LogP) is 5.05. The van der Waals surface area contributed by atoms with Crippen molar-refractivity contribution in [1.82, 2.24) is 4.72 Å². The van der Waals surface area contributed by atoms with Crippen LogP contribution in [-0.2, 0) is 16.4 Å². The van der Waals surface area contributed by atoms with Crippen LogP contribution in [0.25, 0.3) is 0 Å². The highest BCUT2D eigenvalue weighted by Gasteiger charge is 2.45. The van der Waals surface area contributed by atoms with Crippen molar-refractivity contribution in [2.45, 2.75) is 84.2 Å². The Balaban J connectivity index is 1.59. The van der Waals surface area contributed by atoms with Gasteiger partial charge in [-0.15, -0.1) is 5.92 Å². The zero-order valence-corrected chi connectivity index (χ0v) is 20.6. The molecule has 0 bridgehead atoms. The molecule has 3 rings (SSSR count). The normalized spacial score (nSPS) is 21.4. The number of unbranched alkanes of at least 4 members (excludes halogenated alkanes) is 2. The Labute approximate surface area is 193 Å². The Morgan fingerprint density at radius 2 is 2.03 bits per heavy atom. The van der Waals surface area contributed by atoms with Crippen molar-refractivity contribution in [2.24, 2.45) is 5.92 Å². The Bertz CT molecular complexity index is 1010. The van der Waals surface area contributed by atoms with E-state index in [4.69, 9.17) is 4.74 Å². The molecule has 1 aromatic rings. The molecule has 2 unspecified atom stereocenters. The molecule has 0 aromatic heterocycles. The number of fused-ring (bicyclic) bond motifs is 3. The molecule has 1 heterocycles. The van der Waals surface area contributed by atoms with Gasteiger partial charge in [0.05, 0.1) is 5.75 Å². The lowest BCUT2D eigenvalue weighted by atomic mass is 9.67. The minimum atomic E-state index is -3.16. The van der Waals surface area contributed by atoms with Gasteiger partial charge in [-0.1, -0.05) is 30.9 Å². The van der Waals surface area contributed by atoms with Crippen molar-refractivity contribution < 1.29 is 18.3 Å². The Morgan fingerprint density at radius 1 is 1.25 bits per heavy atom. The van der Waals surface area contributed by atoms with Crippen molar-refractivity contribution >= 4 is 10.0 Å². The summed E-state index contributed by atoms with van der Waals surface area (Å²) in [4.78, 5) is 0. The van der Waals surface area contributed by atoms with Crippen LogP contribution >= 0.6 is 0 Å². The van der Waals surface area contributed by atoms with E-state index in [-0.39, 0.29) is 17.3 Å². The van der Waals surface area contributed by atoms with Gasteiger partial charge in [-0.05, 0) is 64.2 Å². The fraction of sp³-hybridized carbons (Fsp3) is 0.615. The van der Waals surface area contributed by atoms with Gasteiger partial charge in [0.25, 0.3) is 0 Å². The number of ether oxygens (including phenoxy) is 1. The zero-order valence-electron chi connectivity index (χ0n) is 19.8. The Morgan fingerprint density at radius 3 is 2.78 bits per heavy atom. The van der Waals surface area contributed by atoms with Crippen LogP contribution in [0.2, 0.25) is 0 Å². The number of phenolic OH excluding ortho intramolecular Hbond substituents is 1. The van der Waals surface area contributed by atoms with Gasteiger partial charge in [0.15, 0.2) is 0 Å². The van der Waals surface area contributed by atoms with Crippen molar-refractivity contribution in [3.05, 3.63) is 34.9 Å². The maximum absolute atomic E-state index is 11.8. The maximum atomic E-state index is 11.8. The molecule has 0 saturated heterocycles. The molecular formula is C26H37NO4S. The largest absolute Gasteiger partial charge is 0.508 e. The minimum absolute atomic E-state index is 0.188. The Kier molecular flexibility index (Phi) is 7.95. The van der Waals surface area contributed by atoms with Crippen molar-refractivity contribution in [2.75, 3.05) is 12.3 Å². The SMILES string of the molecule is CCCCS(=O)(=O)NCCCC#CCc1cc(O)c2c(c1)OC(C)(C)C1CC=C(C)CC21. The van der Waals surface area contributed by atoms with E-state index < -0.39 is 10.0 Å². The smallest absolute Gasteiger partial charge is 0.211 e. The summed E-state index contributed by atoms with van der Waals surface area (Å²) >= 11 is 0. The molecular weight excluding hydrogens is 422 g/mol. The van der Waals surface area contributed by atoms with Crippen molar-refractivity contribution in [1.29, 1.82) is 0 Å². The monoisotopic (exact) mass is 459 g/mol. The highest BCUT2D eigenvalue weighted by molar-refractivity contribution is 7.89. The number of hydrogen-bond acceptors (Lipinski definition) is 4. The molecule has 0 saturated carbocycles. The molecule has 5 nitrogen and oxygen atoms in total. The van der Waals surface area contributed by atoms with Crippen LogP contribution in [0.1, 0.15) is 83.3 Å². The highest BCUT2D eigenvalue weighted by Crippen LogP contribution is 2.54. The van der Waals surface area contributed by atoms with E-state index in [2.05, 4.69) is 43.4 Å². The summed E-state index contributed by atoms with van der Waals surface area (Å²) in [5.41, 5.74) is 2.97. The topological polar surface area (TPSA) is 75.6 Å². The molecule has 6 heteroatoms. The van der Waals surface area contributed by atoms with E-state index in [1.807, 2.05) is 19.1 Å². The predicted molar refractivity (Wildman–Crippen MR) is 129 cm³/mol. The van der Waals surface area contributed by atoms with Gasteiger partial charge in [0.2, 0.25) is 10.0 Å². The first-order valence-corrected chi connectivity index (χ1v) is 13.4. The average molecular weight is 460 g/mol. The van der Waals surface area contributed by atoms with E-state index in [0.717, 1.165) is 36.1 Å². The second-order valence-corrected chi connectivity index (χ2v) is 11.6. The summed E-state index contributed by atoms with van der Waals surface area (Å²) in [6, 6.07) is 3.85. The van der Waals surface area contributed by atoms with Crippen LogP contribution in [-0.4, -0.2) is 31.4 Å². The molecule has 2 N–H and O–H groups in total. The Hall–Kier alpha value is -1.97. The fourth-order valence-electron chi connectivity index (χ4n) is 4.79. The summed E-state index contributed by atoms with van der Waals surface area (Å²) in [5.74, 6) is 8.17. The number of hydrogen-bond donors (Lipinski definition) is 2. The fourth-order valence-corrected chi connectivity index (χ4v) is 6.05. The van der Waals surface area contributed by atoms with Crippen molar-refractivity contribution in [3.63, 3.8) is 0 Å². The summed E-state index contributed by atoms with van der Waals surface area (Å²) in [7, 11) is -3.16. The standard InChI is InChI=1S/C26H37NO4S/c1-5-6-15-32(29,30)27-14-10-8-7-9-11-20-17-23(28)25-21-16-19(2)12-13-22(21)26(3,4)31-24(25)18-20/h12,17-18,21-22,27-28H,5-6,8,10-11,13-16H2,1-4H3. The molecule has 0 spiro atoms. The van der Waals surface area contributed by atoms with E-state index in [9.17, 15) is 13.5 Å². The molecule has 1 aliphatic heterocycles. The minimum Gasteiger partial charge on any atom is -0.508 e. The summed E-state index contributed by atoms with van der Waals surface area (Å²) in [6.07, 6.45) is 7.62. The second-order valence-electron chi connectivity index (χ2n) is 9.64. The van der Waals surface area contributed by atoms with Gasteiger partial charge >= 0.3 is 0 Å². The third-order valence-corrected chi connectivity index (χ3v) is 8.02. The summed E-state index contributed by atoms with van der Waals surface area (Å²) < 4.78 is 32.5. The maximum Gasteiger partial charge on any atom is 0.211 e. The van der Waals surface area contributed by atoms with Crippen molar-refractivity contribution in [3.8, 4) is 23.3 Å². The van der Waals surface area contributed by atoms with E-state index in [1.54, 1.807) is 0 Å². The van der Waals surface area contributed by atoms with E-state index in [1.165, 1.54) is 5.57 Å². The van der Waals surface area contributed by atoms with Crippen LogP contribution in [0, 0.1) is 17.8 Å². The number of benzene rings is 1. The molecule has 32 heavy (non-hydrogen) atoms. The third kappa shape index (κ3) is 6.08. The van der Waals surface area contributed by atoms with Crippen LogP contribution in [0.3, 0.4) is 0 Å². The number of sulfonamides is 1. The molecule has 0 amide bonds. The lowest BCUT2D eigenvalue weighted by Crippen LogP contribution is -2.45.